The molecule has 0 unspecified atom stereocenters. The number of hydrogen-bond donors (Lipinski definition) is 0. The van der Waals surface area contributed by atoms with Crippen LogP contribution in [0.1, 0.15) is 35.3 Å². The molecule has 0 spiro atoms. The molecule has 0 atom stereocenters. The van der Waals surface area contributed by atoms with Crippen molar-refractivity contribution in [3.63, 3.8) is 0 Å². The van der Waals surface area contributed by atoms with Gasteiger partial charge in [-0.3, -0.25) is 4.79 Å². The number of rotatable bonds is 4. The average molecular weight is 430 g/mol. The summed E-state index contributed by atoms with van der Waals surface area (Å²) in [5, 5.41) is 0.503. The van der Waals surface area contributed by atoms with E-state index in [1.54, 1.807) is 35.2 Å². The molecule has 8 heteroatoms. The van der Waals surface area contributed by atoms with Gasteiger partial charge in [-0.15, -0.1) is 0 Å². The highest BCUT2D eigenvalue weighted by atomic mass is 35.5. The molecule has 156 valence electrons. The summed E-state index contributed by atoms with van der Waals surface area (Å²) in [4.78, 5) is 26.5. The third-order valence-corrected chi connectivity index (χ3v) is 5.08. The Morgan fingerprint density at radius 2 is 2.03 bits per heavy atom. The summed E-state index contributed by atoms with van der Waals surface area (Å²) in [6.07, 6.45) is 1.14. The molecular formula is C22H20ClNO6. The van der Waals surface area contributed by atoms with E-state index in [2.05, 4.69) is 0 Å². The van der Waals surface area contributed by atoms with Crippen molar-refractivity contribution in [3.8, 4) is 17.2 Å². The van der Waals surface area contributed by atoms with E-state index in [0.29, 0.717) is 53.1 Å². The second-order valence-electron chi connectivity index (χ2n) is 6.73. The summed E-state index contributed by atoms with van der Waals surface area (Å²) >= 11 is 6.19. The smallest absolute Gasteiger partial charge is 0.415 e. The first-order valence-electron chi connectivity index (χ1n) is 9.58. The maximum atomic E-state index is 12.8. The molecule has 0 saturated heterocycles. The van der Waals surface area contributed by atoms with Gasteiger partial charge in [0.05, 0.1) is 12.2 Å². The SMILES string of the molecule is CCN(CC)C(=O)Oc1ccc2c(c1)O/C(=C\c1cc(Cl)cc3c1OCOC3)C2=O. The fourth-order valence-corrected chi connectivity index (χ4v) is 3.58. The Balaban J connectivity index is 1.60. The van der Waals surface area contributed by atoms with Crippen LogP contribution in [-0.2, 0) is 11.3 Å². The lowest BCUT2D eigenvalue weighted by molar-refractivity contribution is -0.0165. The monoisotopic (exact) mass is 429 g/mol. The highest BCUT2D eigenvalue weighted by molar-refractivity contribution is 6.31. The van der Waals surface area contributed by atoms with Gasteiger partial charge in [0.15, 0.2) is 12.6 Å². The molecule has 2 aromatic carbocycles. The average Bonchev–Trinajstić information content (AvgIpc) is 3.03. The number of halogens is 1. The second-order valence-corrected chi connectivity index (χ2v) is 7.17. The third-order valence-electron chi connectivity index (χ3n) is 4.86. The van der Waals surface area contributed by atoms with Crippen molar-refractivity contribution in [3.05, 3.63) is 57.8 Å². The van der Waals surface area contributed by atoms with E-state index in [0.717, 1.165) is 5.56 Å². The molecule has 0 N–H and O–H groups in total. The van der Waals surface area contributed by atoms with Crippen LogP contribution in [0.3, 0.4) is 0 Å². The number of carbonyl (C=O) groups excluding carboxylic acids is 2. The highest BCUT2D eigenvalue weighted by Crippen LogP contribution is 2.38. The second kappa shape index (κ2) is 8.38. The predicted octanol–water partition coefficient (Wildman–Crippen LogP) is 4.66. The number of benzene rings is 2. The largest absolute Gasteiger partial charge is 0.467 e. The summed E-state index contributed by atoms with van der Waals surface area (Å²) in [5.41, 5.74) is 1.82. The van der Waals surface area contributed by atoms with E-state index >= 15 is 0 Å². The Labute approximate surface area is 178 Å². The summed E-state index contributed by atoms with van der Waals surface area (Å²) in [5.74, 6) is 1.11. The molecule has 0 saturated carbocycles. The zero-order chi connectivity index (χ0) is 21.3. The van der Waals surface area contributed by atoms with E-state index in [1.165, 1.54) is 6.07 Å². The van der Waals surface area contributed by atoms with Gasteiger partial charge in [0.1, 0.15) is 17.2 Å². The van der Waals surface area contributed by atoms with Crippen LogP contribution in [0, 0.1) is 0 Å². The van der Waals surface area contributed by atoms with Crippen LogP contribution >= 0.6 is 11.6 Å². The van der Waals surface area contributed by atoms with E-state index in [4.69, 9.17) is 30.5 Å². The lowest BCUT2D eigenvalue weighted by atomic mass is 10.1. The number of Topliss-reactive ketones (excluding diaryl/α,β-unsaturated/α-hetero) is 1. The van der Waals surface area contributed by atoms with Gasteiger partial charge in [-0.1, -0.05) is 11.6 Å². The number of carbonyl (C=O) groups is 2. The van der Waals surface area contributed by atoms with Gasteiger partial charge < -0.3 is 23.8 Å². The number of ketones is 1. The Bertz CT molecular complexity index is 1040. The van der Waals surface area contributed by atoms with Crippen LogP contribution in [-0.4, -0.2) is 36.7 Å². The van der Waals surface area contributed by atoms with Crippen molar-refractivity contribution < 1.29 is 28.5 Å². The molecule has 0 fully saturated rings. The van der Waals surface area contributed by atoms with Gasteiger partial charge in [0, 0.05) is 35.3 Å². The maximum Gasteiger partial charge on any atom is 0.415 e. The molecule has 0 radical (unpaired) electrons. The van der Waals surface area contributed by atoms with Crippen molar-refractivity contribution in [1.29, 1.82) is 0 Å². The molecule has 0 bridgehead atoms. The Kier molecular flexibility index (Phi) is 5.65. The molecule has 1 amide bonds. The fourth-order valence-electron chi connectivity index (χ4n) is 3.33. The first-order valence-corrected chi connectivity index (χ1v) is 9.96. The van der Waals surface area contributed by atoms with Crippen LogP contribution < -0.4 is 14.2 Å². The predicted molar refractivity (Wildman–Crippen MR) is 110 cm³/mol. The number of nitrogens with zero attached hydrogens (tertiary/aromatic N) is 1. The number of amides is 1. The van der Waals surface area contributed by atoms with Gasteiger partial charge >= 0.3 is 6.09 Å². The molecule has 7 nitrogen and oxygen atoms in total. The Hall–Kier alpha value is -3.03. The molecule has 2 aliphatic heterocycles. The van der Waals surface area contributed by atoms with E-state index in [-0.39, 0.29) is 18.3 Å². The molecule has 4 rings (SSSR count). The maximum absolute atomic E-state index is 12.8. The highest BCUT2D eigenvalue weighted by Gasteiger charge is 2.29. The van der Waals surface area contributed by atoms with Crippen LogP contribution in [0.15, 0.2) is 36.1 Å². The summed E-state index contributed by atoms with van der Waals surface area (Å²) in [6.45, 7) is 5.33. The Morgan fingerprint density at radius 1 is 1.23 bits per heavy atom. The number of ether oxygens (including phenoxy) is 4. The van der Waals surface area contributed by atoms with Crippen LogP contribution in [0.5, 0.6) is 17.2 Å². The Morgan fingerprint density at radius 3 is 2.80 bits per heavy atom. The quantitative estimate of drug-likeness (QED) is 0.658. The lowest BCUT2D eigenvalue weighted by Gasteiger charge is -2.20. The van der Waals surface area contributed by atoms with Crippen LogP contribution in [0.4, 0.5) is 4.79 Å². The minimum Gasteiger partial charge on any atom is -0.467 e. The van der Waals surface area contributed by atoms with Crippen LogP contribution in [0.25, 0.3) is 6.08 Å². The standard InChI is InChI=1S/C22H20ClNO6/c1-3-24(4-2)22(26)29-16-5-6-17-18(10-16)30-19(20(17)25)9-13-7-15(23)8-14-11-27-12-28-21(13)14/h5-10H,3-4,11-12H2,1-2H3/b19-9-. The van der Waals surface area contributed by atoms with E-state index in [1.807, 2.05) is 13.8 Å². The lowest BCUT2D eigenvalue weighted by Crippen LogP contribution is -2.33. The first-order chi connectivity index (χ1) is 14.5. The molecular weight excluding hydrogens is 410 g/mol. The minimum atomic E-state index is -0.454. The van der Waals surface area contributed by atoms with Crippen molar-refractivity contribution in [2.75, 3.05) is 19.9 Å². The molecule has 2 aromatic rings. The van der Waals surface area contributed by atoms with Crippen molar-refractivity contribution >= 4 is 29.6 Å². The molecule has 2 heterocycles. The van der Waals surface area contributed by atoms with Crippen molar-refractivity contribution in [1.82, 2.24) is 4.90 Å². The van der Waals surface area contributed by atoms with Gasteiger partial charge in [-0.2, -0.15) is 0 Å². The molecule has 0 aliphatic carbocycles. The minimum absolute atomic E-state index is 0.126. The van der Waals surface area contributed by atoms with Crippen molar-refractivity contribution in [2.45, 2.75) is 20.5 Å². The summed E-state index contributed by atoms with van der Waals surface area (Å²) < 4.78 is 22.0. The van der Waals surface area contributed by atoms with Crippen molar-refractivity contribution in [2.24, 2.45) is 0 Å². The number of fused-ring (bicyclic) bond motifs is 2. The molecule has 0 aromatic heterocycles. The summed E-state index contributed by atoms with van der Waals surface area (Å²) in [6, 6.07) is 8.16. The zero-order valence-corrected chi connectivity index (χ0v) is 17.3. The zero-order valence-electron chi connectivity index (χ0n) is 16.6. The van der Waals surface area contributed by atoms with Crippen LogP contribution in [0.2, 0.25) is 5.02 Å². The van der Waals surface area contributed by atoms with E-state index in [9.17, 15) is 9.59 Å². The fraction of sp³-hybridized carbons (Fsp3) is 0.273. The van der Waals surface area contributed by atoms with Gasteiger partial charge in [0.25, 0.3) is 0 Å². The van der Waals surface area contributed by atoms with Gasteiger partial charge in [-0.05, 0) is 44.2 Å². The number of hydrogen-bond acceptors (Lipinski definition) is 6. The summed E-state index contributed by atoms with van der Waals surface area (Å²) in [7, 11) is 0. The first kappa shape index (κ1) is 20.3. The molecule has 2 aliphatic rings. The number of allylic oxidation sites excluding steroid dienone is 1. The third kappa shape index (κ3) is 3.86. The topological polar surface area (TPSA) is 74.3 Å². The molecule has 30 heavy (non-hydrogen) atoms. The normalized spacial score (nSPS) is 15.8. The van der Waals surface area contributed by atoms with E-state index < -0.39 is 6.09 Å². The van der Waals surface area contributed by atoms with Gasteiger partial charge in [0.2, 0.25) is 5.78 Å². The van der Waals surface area contributed by atoms with Gasteiger partial charge in [-0.25, -0.2) is 4.79 Å².